The fourth-order valence-corrected chi connectivity index (χ4v) is 3.22. The molecular formula is C14H23N3O4. The molecule has 0 aromatic heterocycles. The van der Waals surface area contributed by atoms with E-state index in [1.54, 1.807) is 4.90 Å². The Bertz CT molecular complexity index is 440. The first kappa shape index (κ1) is 15.6. The Hall–Kier alpha value is -1.79. The molecule has 7 heteroatoms. The van der Waals surface area contributed by atoms with Crippen LogP contribution in [0.3, 0.4) is 0 Å². The number of nitrogens with zero attached hydrogens (tertiary/aromatic N) is 2. The second kappa shape index (κ2) is 6.32. The molecule has 21 heavy (non-hydrogen) atoms. The minimum atomic E-state index is -0.952. The number of amides is 3. The minimum absolute atomic E-state index is 0.277. The predicted molar refractivity (Wildman–Crippen MR) is 75.4 cm³/mol. The maximum atomic E-state index is 12.5. The molecule has 2 heterocycles. The van der Waals surface area contributed by atoms with Gasteiger partial charge in [0.05, 0.1) is 5.92 Å². The topological polar surface area (TPSA) is 104 Å². The lowest BCUT2D eigenvalue weighted by Crippen LogP contribution is -2.54. The molecule has 0 aliphatic carbocycles. The van der Waals surface area contributed by atoms with Crippen LogP contribution in [0.15, 0.2) is 0 Å². The summed E-state index contributed by atoms with van der Waals surface area (Å²) in [5, 5.41) is 9.37. The number of urea groups is 1. The van der Waals surface area contributed by atoms with Gasteiger partial charge in [0, 0.05) is 19.6 Å². The Morgan fingerprint density at radius 3 is 2.48 bits per heavy atom. The second-order valence-corrected chi connectivity index (χ2v) is 5.96. The van der Waals surface area contributed by atoms with Gasteiger partial charge >= 0.3 is 12.0 Å². The fourth-order valence-electron chi connectivity index (χ4n) is 3.22. The third-order valence-electron chi connectivity index (χ3n) is 4.68. The molecule has 2 saturated heterocycles. The zero-order valence-electron chi connectivity index (χ0n) is 12.3. The van der Waals surface area contributed by atoms with Crippen molar-refractivity contribution in [1.82, 2.24) is 9.80 Å². The molecule has 0 aromatic rings. The fraction of sp³-hybridized carbons (Fsp3) is 0.786. The molecule has 7 nitrogen and oxygen atoms in total. The van der Waals surface area contributed by atoms with Crippen LogP contribution in [0.25, 0.3) is 0 Å². The highest BCUT2D eigenvalue weighted by Gasteiger charge is 2.39. The zero-order valence-corrected chi connectivity index (χ0v) is 12.3. The molecular weight excluding hydrogens is 274 g/mol. The number of aliphatic carboxylic acids is 1. The van der Waals surface area contributed by atoms with E-state index < -0.39 is 17.9 Å². The first-order valence-corrected chi connectivity index (χ1v) is 7.51. The third kappa shape index (κ3) is 3.28. The van der Waals surface area contributed by atoms with E-state index in [0.717, 1.165) is 12.8 Å². The summed E-state index contributed by atoms with van der Waals surface area (Å²) in [6, 6.07) is -1.04. The van der Waals surface area contributed by atoms with Gasteiger partial charge in [0.2, 0.25) is 5.91 Å². The third-order valence-corrected chi connectivity index (χ3v) is 4.68. The first-order valence-electron chi connectivity index (χ1n) is 7.51. The monoisotopic (exact) mass is 297 g/mol. The van der Waals surface area contributed by atoms with Crippen LogP contribution in [0.2, 0.25) is 0 Å². The van der Waals surface area contributed by atoms with Crippen LogP contribution in [-0.2, 0) is 9.59 Å². The lowest BCUT2D eigenvalue weighted by atomic mass is 9.89. The van der Waals surface area contributed by atoms with Crippen molar-refractivity contribution in [3.8, 4) is 0 Å². The molecule has 0 aromatic carbocycles. The highest BCUT2D eigenvalue weighted by molar-refractivity contribution is 5.84. The van der Waals surface area contributed by atoms with Crippen LogP contribution in [0.4, 0.5) is 4.79 Å². The summed E-state index contributed by atoms with van der Waals surface area (Å²) in [5.41, 5.74) is 5.27. The predicted octanol–water partition coefficient (Wildman–Crippen LogP) is 0.489. The first-order chi connectivity index (χ1) is 9.93. The number of likely N-dealkylation sites (tertiary alicyclic amines) is 2. The lowest BCUT2D eigenvalue weighted by Gasteiger charge is -2.38. The van der Waals surface area contributed by atoms with Crippen LogP contribution in [-0.4, -0.2) is 58.5 Å². The van der Waals surface area contributed by atoms with Crippen molar-refractivity contribution in [2.75, 3.05) is 19.6 Å². The molecule has 2 aliphatic heterocycles. The molecule has 3 amide bonds. The Morgan fingerprint density at radius 1 is 1.24 bits per heavy atom. The van der Waals surface area contributed by atoms with Crippen molar-refractivity contribution in [1.29, 1.82) is 0 Å². The van der Waals surface area contributed by atoms with Crippen molar-refractivity contribution in [2.24, 2.45) is 17.6 Å². The van der Waals surface area contributed by atoms with E-state index in [1.165, 1.54) is 4.90 Å². The Kier molecular flexibility index (Phi) is 4.69. The molecule has 118 valence electrons. The van der Waals surface area contributed by atoms with Gasteiger partial charge in [0.25, 0.3) is 0 Å². The largest absolute Gasteiger partial charge is 0.480 e. The summed E-state index contributed by atoms with van der Waals surface area (Å²) in [5.74, 6) is -1.31. The molecule has 2 fully saturated rings. The normalized spacial score (nSPS) is 29.5. The van der Waals surface area contributed by atoms with Crippen LogP contribution in [0.5, 0.6) is 0 Å². The van der Waals surface area contributed by atoms with Gasteiger partial charge in [-0.1, -0.05) is 13.3 Å². The van der Waals surface area contributed by atoms with Gasteiger partial charge in [0.1, 0.15) is 6.04 Å². The molecule has 2 aliphatic rings. The molecule has 3 atom stereocenters. The van der Waals surface area contributed by atoms with Crippen molar-refractivity contribution in [2.45, 2.75) is 38.6 Å². The van der Waals surface area contributed by atoms with E-state index in [2.05, 4.69) is 0 Å². The Morgan fingerprint density at radius 2 is 1.95 bits per heavy atom. The van der Waals surface area contributed by atoms with Gasteiger partial charge in [-0.2, -0.15) is 0 Å². The van der Waals surface area contributed by atoms with Crippen LogP contribution in [0, 0.1) is 11.8 Å². The van der Waals surface area contributed by atoms with E-state index >= 15 is 0 Å². The van der Waals surface area contributed by atoms with E-state index in [-0.39, 0.29) is 11.9 Å². The van der Waals surface area contributed by atoms with Crippen molar-refractivity contribution >= 4 is 17.9 Å². The van der Waals surface area contributed by atoms with Crippen molar-refractivity contribution in [3.63, 3.8) is 0 Å². The second-order valence-electron chi connectivity index (χ2n) is 5.96. The average molecular weight is 297 g/mol. The molecule has 0 spiro atoms. The molecule has 3 N–H and O–H groups in total. The van der Waals surface area contributed by atoms with E-state index in [1.807, 2.05) is 6.92 Å². The summed E-state index contributed by atoms with van der Waals surface area (Å²) in [6.07, 6.45) is 2.83. The quantitative estimate of drug-likeness (QED) is 0.791. The van der Waals surface area contributed by atoms with Crippen molar-refractivity contribution < 1.29 is 19.5 Å². The van der Waals surface area contributed by atoms with Gasteiger partial charge < -0.3 is 20.6 Å². The minimum Gasteiger partial charge on any atom is -0.480 e. The number of carbonyl (C=O) groups is 3. The maximum absolute atomic E-state index is 12.5. The van der Waals surface area contributed by atoms with Crippen LogP contribution >= 0.6 is 0 Å². The van der Waals surface area contributed by atoms with E-state index in [4.69, 9.17) is 5.73 Å². The number of hydrogen-bond donors (Lipinski definition) is 2. The van der Waals surface area contributed by atoms with E-state index in [9.17, 15) is 19.5 Å². The standard InChI is InChI=1S/C14H23N3O4/c1-2-9-3-6-17(11(7-9)13(19)20)14(21)16-5-4-10(8-16)12(15)18/h9-11H,2-8H2,1H3,(H2,15,18)(H,19,20). The number of piperidine rings is 1. The summed E-state index contributed by atoms with van der Waals surface area (Å²) in [4.78, 5) is 38.1. The summed E-state index contributed by atoms with van der Waals surface area (Å²) >= 11 is 0. The molecule has 0 radical (unpaired) electrons. The van der Waals surface area contributed by atoms with Gasteiger partial charge in [-0.3, -0.25) is 4.79 Å². The molecule has 0 bridgehead atoms. The number of nitrogens with two attached hydrogens (primary N) is 1. The average Bonchev–Trinajstić information content (AvgIpc) is 2.95. The van der Waals surface area contributed by atoms with Gasteiger partial charge in [-0.05, 0) is 25.2 Å². The summed E-state index contributed by atoms with van der Waals surface area (Å²) in [6.45, 7) is 3.27. The number of carbonyl (C=O) groups excluding carboxylic acids is 2. The number of hydrogen-bond acceptors (Lipinski definition) is 3. The Labute approximate surface area is 124 Å². The number of carboxylic acid groups (broad SMARTS) is 1. The number of carboxylic acids is 1. The summed E-state index contributed by atoms with van der Waals surface area (Å²) < 4.78 is 0. The van der Waals surface area contributed by atoms with Crippen molar-refractivity contribution in [3.05, 3.63) is 0 Å². The number of primary amides is 1. The van der Waals surface area contributed by atoms with Gasteiger partial charge in [-0.25, -0.2) is 9.59 Å². The highest BCUT2D eigenvalue weighted by atomic mass is 16.4. The van der Waals surface area contributed by atoms with Gasteiger partial charge in [0.15, 0.2) is 0 Å². The Balaban J connectivity index is 2.04. The smallest absolute Gasteiger partial charge is 0.326 e. The maximum Gasteiger partial charge on any atom is 0.326 e. The molecule has 2 rings (SSSR count). The van der Waals surface area contributed by atoms with E-state index in [0.29, 0.717) is 38.4 Å². The molecule has 3 unspecified atom stereocenters. The summed E-state index contributed by atoms with van der Waals surface area (Å²) in [7, 11) is 0. The van der Waals surface area contributed by atoms with Crippen LogP contribution in [0.1, 0.15) is 32.6 Å². The SMILES string of the molecule is CCC1CCN(C(=O)N2CCC(C(N)=O)C2)C(C(=O)O)C1. The number of rotatable bonds is 3. The van der Waals surface area contributed by atoms with Crippen LogP contribution < -0.4 is 5.73 Å². The highest BCUT2D eigenvalue weighted by Crippen LogP contribution is 2.28. The zero-order chi connectivity index (χ0) is 15.6. The molecule has 0 saturated carbocycles. The van der Waals surface area contributed by atoms with Gasteiger partial charge in [-0.15, -0.1) is 0 Å². The lowest BCUT2D eigenvalue weighted by molar-refractivity contribution is -0.144.